The van der Waals surface area contributed by atoms with Gasteiger partial charge in [0.2, 0.25) is 0 Å². The zero-order valence-electron chi connectivity index (χ0n) is 13.9. The number of benzene rings is 1. The molecule has 6 nitrogen and oxygen atoms in total. The van der Waals surface area contributed by atoms with Crippen LogP contribution in [0.15, 0.2) is 30.5 Å². The smallest absolute Gasteiger partial charge is 0.303 e. The Morgan fingerprint density at radius 3 is 2.88 bits per heavy atom. The monoisotopic (exact) mass is 329 g/mol. The van der Waals surface area contributed by atoms with Crippen molar-refractivity contribution < 1.29 is 14.6 Å². The summed E-state index contributed by atoms with van der Waals surface area (Å²) < 4.78 is 7.87. The number of carboxylic acids is 1. The molecule has 2 aromatic rings. The van der Waals surface area contributed by atoms with E-state index in [1.165, 1.54) is 0 Å². The van der Waals surface area contributed by atoms with Gasteiger partial charge in [0.25, 0.3) is 0 Å². The summed E-state index contributed by atoms with van der Waals surface area (Å²) in [6.45, 7) is 2.46. The number of rotatable bonds is 7. The van der Waals surface area contributed by atoms with E-state index in [9.17, 15) is 4.79 Å². The predicted octanol–water partition coefficient (Wildman–Crippen LogP) is 1.98. The first-order chi connectivity index (χ1) is 11.6. The maximum Gasteiger partial charge on any atom is 0.303 e. The van der Waals surface area contributed by atoms with Crippen LogP contribution in [0.25, 0.3) is 11.4 Å². The number of carboxylic acid groups (broad SMARTS) is 1. The molecule has 24 heavy (non-hydrogen) atoms. The largest absolute Gasteiger partial charge is 0.481 e. The number of aryl methyl sites for hydroxylation is 2. The van der Waals surface area contributed by atoms with Crippen molar-refractivity contribution in [2.75, 3.05) is 13.1 Å². The quantitative estimate of drug-likeness (QED) is 0.812. The number of carbonyl (C=O) groups is 1. The van der Waals surface area contributed by atoms with E-state index < -0.39 is 5.97 Å². The maximum atomic E-state index is 10.6. The highest BCUT2D eigenvalue weighted by atomic mass is 16.5. The van der Waals surface area contributed by atoms with Gasteiger partial charge in [0.05, 0.1) is 18.4 Å². The van der Waals surface area contributed by atoms with Crippen LogP contribution >= 0.6 is 0 Å². The average Bonchev–Trinajstić information content (AvgIpc) is 3.21. The standard InChI is InChI=1S/C18H23N3O3/c1-21-11-15(12-24-16-8-9-19-10-16)20-18(21)14-5-2-13(3-6-14)4-7-17(22)23/h2-3,5-6,11,16,19H,4,7-10,12H2,1H3,(H,22,23). The second-order valence-electron chi connectivity index (χ2n) is 6.18. The molecule has 0 radical (unpaired) electrons. The molecule has 1 aliphatic rings. The van der Waals surface area contributed by atoms with Gasteiger partial charge in [-0.15, -0.1) is 0 Å². The van der Waals surface area contributed by atoms with Crippen molar-refractivity contribution in [3.8, 4) is 11.4 Å². The summed E-state index contributed by atoms with van der Waals surface area (Å²) in [6.07, 6.45) is 4.03. The van der Waals surface area contributed by atoms with Gasteiger partial charge < -0.3 is 19.7 Å². The van der Waals surface area contributed by atoms with Crippen molar-refractivity contribution >= 4 is 5.97 Å². The summed E-state index contributed by atoms with van der Waals surface area (Å²) in [7, 11) is 1.97. The van der Waals surface area contributed by atoms with Crippen molar-refractivity contribution in [1.29, 1.82) is 0 Å². The number of imidazole rings is 1. The summed E-state index contributed by atoms with van der Waals surface area (Å²) in [5.74, 6) is 0.119. The molecular formula is C18H23N3O3. The molecule has 0 bridgehead atoms. The summed E-state index contributed by atoms with van der Waals surface area (Å²) >= 11 is 0. The number of aliphatic carboxylic acids is 1. The van der Waals surface area contributed by atoms with Crippen molar-refractivity contribution in [3.05, 3.63) is 41.7 Å². The molecule has 0 spiro atoms. The van der Waals surface area contributed by atoms with Crippen LogP contribution in [0.2, 0.25) is 0 Å². The Hall–Kier alpha value is -2.18. The van der Waals surface area contributed by atoms with Gasteiger partial charge >= 0.3 is 5.97 Å². The predicted molar refractivity (Wildman–Crippen MR) is 90.7 cm³/mol. The van der Waals surface area contributed by atoms with Crippen LogP contribution in [0.1, 0.15) is 24.1 Å². The van der Waals surface area contributed by atoms with E-state index in [-0.39, 0.29) is 12.5 Å². The number of aromatic nitrogens is 2. The molecule has 0 aliphatic carbocycles. The molecule has 6 heteroatoms. The van der Waals surface area contributed by atoms with Gasteiger partial charge in [0, 0.05) is 31.8 Å². The highest BCUT2D eigenvalue weighted by Crippen LogP contribution is 2.20. The minimum absolute atomic E-state index is 0.152. The Bertz CT molecular complexity index is 688. The second-order valence-corrected chi connectivity index (χ2v) is 6.18. The molecule has 2 N–H and O–H groups in total. The minimum Gasteiger partial charge on any atom is -0.481 e. The molecule has 128 valence electrons. The Labute approximate surface area is 141 Å². The first kappa shape index (κ1) is 16.7. The van der Waals surface area contributed by atoms with Crippen molar-refractivity contribution in [2.45, 2.75) is 32.0 Å². The highest BCUT2D eigenvalue weighted by Gasteiger charge is 2.16. The Morgan fingerprint density at radius 1 is 1.42 bits per heavy atom. The topological polar surface area (TPSA) is 76.4 Å². The normalized spacial score (nSPS) is 17.3. The van der Waals surface area contributed by atoms with E-state index in [2.05, 4.69) is 10.3 Å². The lowest BCUT2D eigenvalue weighted by Crippen LogP contribution is -2.16. The van der Waals surface area contributed by atoms with E-state index >= 15 is 0 Å². The van der Waals surface area contributed by atoms with E-state index in [1.54, 1.807) is 0 Å². The third kappa shape index (κ3) is 4.21. The fourth-order valence-electron chi connectivity index (χ4n) is 2.91. The molecule has 0 amide bonds. The van der Waals surface area contributed by atoms with Crippen LogP contribution in [-0.2, 0) is 29.6 Å². The summed E-state index contributed by atoms with van der Waals surface area (Å²) in [5.41, 5.74) is 2.97. The molecule has 0 saturated carbocycles. The number of hydrogen-bond acceptors (Lipinski definition) is 4. The highest BCUT2D eigenvalue weighted by molar-refractivity contribution is 5.67. The Morgan fingerprint density at radius 2 is 2.21 bits per heavy atom. The molecule has 1 aromatic heterocycles. The molecular weight excluding hydrogens is 306 g/mol. The number of ether oxygens (including phenoxy) is 1. The number of nitrogens with one attached hydrogen (secondary N) is 1. The van der Waals surface area contributed by atoms with Crippen LogP contribution < -0.4 is 5.32 Å². The van der Waals surface area contributed by atoms with Crippen LogP contribution in [0.4, 0.5) is 0 Å². The summed E-state index contributed by atoms with van der Waals surface area (Å²) in [6, 6.07) is 7.91. The maximum absolute atomic E-state index is 10.6. The molecule has 2 heterocycles. The lowest BCUT2D eigenvalue weighted by molar-refractivity contribution is -0.136. The molecule has 1 fully saturated rings. The molecule has 3 rings (SSSR count). The molecule has 1 saturated heterocycles. The van der Waals surface area contributed by atoms with Crippen molar-refractivity contribution in [1.82, 2.24) is 14.9 Å². The van der Waals surface area contributed by atoms with Crippen LogP contribution in [-0.4, -0.2) is 39.8 Å². The summed E-state index contributed by atoms with van der Waals surface area (Å²) in [5, 5.41) is 12.0. The Balaban J connectivity index is 1.64. The lowest BCUT2D eigenvalue weighted by Gasteiger charge is -2.08. The fraction of sp³-hybridized carbons (Fsp3) is 0.444. The van der Waals surface area contributed by atoms with E-state index in [4.69, 9.17) is 9.84 Å². The molecule has 1 atom stereocenters. The molecule has 1 unspecified atom stereocenters. The van der Waals surface area contributed by atoms with Crippen LogP contribution in [0.3, 0.4) is 0 Å². The van der Waals surface area contributed by atoms with Gasteiger partial charge in [-0.3, -0.25) is 4.79 Å². The summed E-state index contributed by atoms with van der Waals surface area (Å²) in [4.78, 5) is 15.3. The van der Waals surface area contributed by atoms with Gasteiger partial charge in [-0.05, 0) is 24.9 Å². The first-order valence-corrected chi connectivity index (χ1v) is 8.27. The third-order valence-corrected chi connectivity index (χ3v) is 4.25. The molecule has 1 aliphatic heterocycles. The average molecular weight is 329 g/mol. The lowest BCUT2D eigenvalue weighted by atomic mass is 10.1. The number of nitrogens with zero attached hydrogens (tertiary/aromatic N) is 2. The second kappa shape index (κ2) is 7.59. The van der Waals surface area contributed by atoms with Gasteiger partial charge in [0.1, 0.15) is 5.82 Å². The van der Waals surface area contributed by atoms with E-state index in [0.29, 0.717) is 13.0 Å². The van der Waals surface area contributed by atoms with Crippen LogP contribution in [0.5, 0.6) is 0 Å². The van der Waals surface area contributed by atoms with Crippen molar-refractivity contribution in [3.63, 3.8) is 0 Å². The van der Waals surface area contributed by atoms with Gasteiger partial charge in [0.15, 0.2) is 0 Å². The first-order valence-electron chi connectivity index (χ1n) is 8.27. The van der Waals surface area contributed by atoms with E-state index in [0.717, 1.165) is 42.2 Å². The minimum atomic E-state index is -0.773. The van der Waals surface area contributed by atoms with Crippen LogP contribution in [0, 0.1) is 0 Å². The van der Waals surface area contributed by atoms with E-state index in [1.807, 2.05) is 42.1 Å². The number of hydrogen-bond donors (Lipinski definition) is 2. The van der Waals surface area contributed by atoms with Gasteiger partial charge in [-0.25, -0.2) is 4.98 Å². The van der Waals surface area contributed by atoms with Gasteiger partial charge in [-0.2, -0.15) is 0 Å². The fourth-order valence-corrected chi connectivity index (χ4v) is 2.91. The zero-order valence-corrected chi connectivity index (χ0v) is 13.9. The van der Waals surface area contributed by atoms with Gasteiger partial charge in [-0.1, -0.05) is 24.3 Å². The molecule has 1 aromatic carbocycles. The SMILES string of the molecule is Cn1cc(COC2CCNC2)nc1-c1ccc(CCC(=O)O)cc1. The Kier molecular flexibility index (Phi) is 5.27. The third-order valence-electron chi connectivity index (χ3n) is 4.25. The zero-order chi connectivity index (χ0) is 16.9. The van der Waals surface area contributed by atoms with Crippen molar-refractivity contribution in [2.24, 2.45) is 7.05 Å².